The van der Waals surface area contributed by atoms with Crippen LogP contribution in [-0.2, 0) is 4.79 Å². The molecule has 2 N–H and O–H groups in total. The van der Waals surface area contributed by atoms with Gasteiger partial charge in [0.05, 0.1) is 0 Å². The van der Waals surface area contributed by atoms with Gasteiger partial charge in [0.1, 0.15) is 6.54 Å². The predicted octanol–water partition coefficient (Wildman–Crippen LogP) is 1.04. The van der Waals surface area contributed by atoms with Gasteiger partial charge in [0.2, 0.25) is 5.91 Å². The topological polar surface area (TPSA) is 60.0 Å². The monoisotopic (exact) mass is 323 g/mol. The molecule has 0 unspecified atom stereocenters. The van der Waals surface area contributed by atoms with Crippen LogP contribution in [0.3, 0.4) is 0 Å². The molecule has 0 bridgehead atoms. The number of nitrogens with one attached hydrogen (secondary N) is 2. The number of amides is 1. The van der Waals surface area contributed by atoms with Gasteiger partial charge in [-0.05, 0) is 45.7 Å². The summed E-state index contributed by atoms with van der Waals surface area (Å²) in [5, 5.41) is 6.59. The van der Waals surface area contributed by atoms with Gasteiger partial charge < -0.3 is 20.4 Å². The molecule has 0 radical (unpaired) electrons. The zero-order valence-electron chi connectivity index (χ0n) is 14.6. The van der Waals surface area contributed by atoms with E-state index in [1.807, 2.05) is 11.8 Å². The number of nitrogens with zero attached hydrogens (tertiary/aromatic N) is 3. The Bertz CT molecular complexity index is 371. The molecule has 0 spiro atoms. The van der Waals surface area contributed by atoms with Crippen LogP contribution in [0, 0.1) is 0 Å². The first-order chi connectivity index (χ1) is 11.3. The van der Waals surface area contributed by atoms with Crippen LogP contribution in [0.5, 0.6) is 0 Å². The Morgan fingerprint density at radius 1 is 0.957 bits per heavy atom. The average Bonchev–Trinajstić information content (AvgIpc) is 2.97. The summed E-state index contributed by atoms with van der Waals surface area (Å²) in [6.45, 7) is 9.25. The molecule has 0 aliphatic carbocycles. The van der Waals surface area contributed by atoms with E-state index in [-0.39, 0.29) is 12.5 Å². The number of likely N-dealkylation sites (tertiary alicyclic amines) is 2. The number of rotatable bonds is 6. The van der Waals surface area contributed by atoms with Crippen molar-refractivity contribution in [3.05, 3.63) is 0 Å². The zero-order valence-corrected chi connectivity index (χ0v) is 14.6. The van der Waals surface area contributed by atoms with Crippen molar-refractivity contribution < 1.29 is 4.79 Å². The fraction of sp³-hybridized carbons (Fsp3) is 0.882. The van der Waals surface area contributed by atoms with Crippen LogP contribution in [0.2, 0.25) is 0 Å². The highest BCUT2D eigenvalue weighted by atomic mass is 16.2. The van der Waals surface area contributed by atoms with Crippen LogP contribution in [0.15, 0.2) is 4.99 Å². The molecule has 132 valence electrons. The first-order valence-corrected chi connectivity index (χ1v) is 9.32. The van der Waals surface area contributed by atoms with Gasteiger partial charge in [-0.1, -0.05) is 12.8 Å². The molecular formula is C17H33N5O. The number of aliphatic imine (C=N–C) groups is 1. The van der Waals surface area contributed by atoms with E-state index in [1.165, 1.54) is 38.8 Å². The van der Waals surface area contributed by atoms with E-state index in [9.17, 15) is 4.79 Å². The second kappa shape index (κ2) is 10.5. The standard InChI is InChI=1S/C17H33N5O/c1-2-18-17(20-15-16(23)22-12-7-8-13-22)19-9-14-21-10-5-3-4-6-11-21/h2-15H2,1H3,(H2,18,19,20). The fourth-order valence-electron chi connectivity index (χ4n) is 3.25. The minimum Gasteiger partial charge on any atom is -0.357 e. The first kappa shape index (κ1) is 18.0. The fourth-order valence-corrected chi connectivity index (χ4v) is 3.25. The molecule has 6 heteroatoms. The number of hydrogen-bond donors (Lipinski definition) is 2. The Labute approximate surface area is 140 Å². The summed E-state index contributed by atoms with van der Waals surface area (Å²) < 4.78 is 0. The second-order valence-electron chi connectivity index (χ2n) is 6.47. The van der Waals surface area contributed by atoms with Crippen molar-refractivity contribution in [2.24, 2.45) is 4.99 Å². The average molecular weight is 323 g/mol. The van der Waals surface area contributed by atoms with E-state index in [0.29, 0.717) is 0 Å². The molecule has 0 saturated carbocycles. The highest BCUT2D eigenvalue weighted by Crippen LogP contribution is 2.09. The smallest absolute Gasteiger partial charge is 0.244 e. The third kappa shape index (κ3) is 6.77. The molecule has 0 aromatic heterocycles. The molecule has 2 aliphatic rings. The van der Waals surface area contributed by atoms with Gasteiger partial charge in [-0.15, -0.1) is 0 Å². The maximum atomic E-state index is 12.1. The molecule has 2 aliphatic heterocycles. The molecule has 2 heterocycles. The van der Waals surface area contributed by atoms with E-state index in [4.69, 9.17) is 0 Å². The van der Waals surface area contributed by atoms with Crippen molar-refractivity contribution in [2.75, 3.05) is 52.4 Å². The first-order valence-electron chi connectivity index (χ1n) is 9.32. The largest absolute Gasteiger partial charge is 0.357 e. The lowest BCUT2D eigenvalue weighted by Gasteiger charge is -2.21. The van der Waals surface area contributed by atoms with Crippen LogP contribution in [0.4, 0.5) is 0 Å². The molecule has 0 aromatic rings. The summed E-state index contributed by atoms with van der Waals surface area (Å²) in [6.07, 6.45) is 7.63. The molecule has 6 nitrogen and oxygen atoms in total. The zero-order chi connectivity index (χ0) is 16.3. The highest BCUT2D eigenvalue weighted by molar-refractivity contribution is 5.85. The lowest BCUT2D eigenvalue weighted by Crippen LogP contribution is -2.42. The Morgan fingerprint density at radius 3 is 2.26 bits per heavy atom. The van der Waals surface area contributed by atoms with E-state index in [2.05, 4.69) is 20.5 Å². The Balaban J connectivity index is 1.71. The van der Waals surface area contributed by atoms with Crippen molar-refractivity contribution in [3.8, 4) is 0 Å². The number of carbonyl (C=O) groups excluding carboxylic acids is 1. The molecule has 1 amide bonds. The normalized spacial score (nSPS) is 20.4. The third-order valence-electron chi connectivity index (χ3n) is 4.59. The van der Waals surface area contributed by atoms with Gasteiger partial charge in [0.25, 0.3) is 0 Å². The van der Waals surface area contributed by atoms with Crippen molar-refractivity contribution in [1.82, 2.24) is 20.4 Å². The van der Waals surface area contributed by atoms with Crippen molar-refractivity contribution in [3.63, 3.8) is 0 Å². The summed E-state index contributed by atoms with van der Waals surface area (Å²) >= 11 is 0. The van der Waals surface area contributed by atoms with Gasteiger partial charge in [-0.25, -0.2) is 4.99 Å². The molecule has 2 fully saturated rings. The van der Waals surface area contributed by atoms with Crippen molar-refractivity contribution in [1.29, 1.82) is 0 Å². The van der Waals surface area contributed by atoms with Crippen LogP contribution in [0.25, 0.3) is 0 Å². The predicted molar refractivity (Wildman–Crippen MR) is 94.7 cm³/mol. The van der Waals surface area contributed by atoms with E-state index in [1.54, 1.807) is 0 Å². The van der Waals surface area contributed by atoms with E-state index < -0.39 is 0 Å². The van der Waals surface area contributed by atoms with E-state index in [0.717, 1.165) is 51.5 Å². The number of guanidine groups is 1. The maximum Gasteiger partial charge on any atom is 0.244 e. The van der Waals surface area contributed by atoms with Gasteiger partial charge in [-0.3, -0.25) is 4.79 Å². The van der Waals surface area contributed by atoms with Crippen molar-refractivity contribution in [2.45, 2.75) is 45.4 Å². The Hall–Kier alpha value is -1.30. The maximum absolute atomic E-state index is 12.1. The molecule has 0 aromatic carbocycles. The highest BCUT2D eigenvalue weighted by Gasteiger charge is 2.17. The van der Waals surface area contributed by atoms with Crippen molar-refractivity contribution >= 4 is 11.9 Å². The summed E-state index contributed by atoms with van der Waals surface area (Å²) in [4.78, 5) is 21.0. The van der Waals surface area contributed by atoms with Gasteiger partial charge >= 0.3 is 0 Å². The molecule has 23 heavy (non-hydrogen) atoms. The van der Waals surface area contributed by atoms with Crippen LogP contribution in [0.1, 0.15) is 45.4 Å². The lowest BCUT2D eigenvalue weighted by molar-refractivity contribution is -0.128. The number of carbonyl (C=O) groups is 1. The van der Waals surface area contributed by atoms with E-state index >= 15 is 0 Å². The third-order valence-corrected chi connectivity index (χ3v) is 4.59. The van der Waals surface area contributed by atoms with Gasteiger partial charge in [-0.2, -0.15) is 0 Å². The summed E-state index contributed by atoms with van der Waals surface area (Å²) in [5.74, 6) is 0.905. The quantitative estimate of drug-likeness (QED) is 0.566. The second-order valence-corrected chi connectivity index (χ2v) is 6.47. The number of hydrogen-bond acceptors (Lipinski definition) is 3. The minimum absolute atomic E-state index is 0.146. The van der Waals surface area contributed by atoms with Crippen LogP contribution >= 0.6 is 0 Å². The van der Waals surface area contributed by atoms with Crippen LogP contribution < -0.4 is 10.6 Å². The summed E-state index contributed by atoms with van der Waals surface area (Å²) in [7, 11) is 0. The Kier molecular flexibility index (Phi) is 8.21. The molecule has 0 atom stereocenters. The van der Waals surface area contributed by atoms with Gasteiger partial charge in [0.15, 0.2) is 5.96 Å². The lowest BCUT2D eigenvalue weighted by atomic mass is 10.2. The molecule has 2 rings (SSSR count). The summed E-state index contributed by atoms with van der Waals surface area (Å²) in [6, 6.07) is 0. The van der Waals surface area contributed by atoms with Gasteiger partial charge in [0, 0.05) is 32.7 Å². The van der Waals surface area contributed by atoms with Crippen LogP contribution in [-0.4, -0.2) is 74.0 Å². The summed E-state index contributed by atoms with van der Waals surface area (Å²) in [5.41, 5.74) is 0. The minimum atomic E-state index is 0.146. The molecular weight excluding hydrogens is 290 g/mol. The SMILES string of the molecule is CCNC(=NCC(=O)N1CCCC1)NCCN1CCCCCC1. The Morgan fingerprint density at radius 2 is 1.61 bits per heavy atom. The molecule has 2 saturated heterocycles.